The molecule has 2 aliphatic heterocycles. The minimum atomic E-state index is 0.160. The third kappa shape index (κ3) is 3.44. The third-order valence-electron chi connectivity index (χ3n) is 4.95. The number of urea groups is 1. The molecule has 0 spiro atoms. The fraction of sp³-hybridized carbons (Fsp3) is 0.933. The van der Waals surface area contributed by atoms with Crippen molar-refractivity contribution in [2.75, 3.05) is 39.4 Å². The van der Waals surface area contributed by atoms with E-state index >= 15 is 0 Å². The Morgan fingerprint density at radius 1 is 1.00 bits per heavy atom. The van der Waals surface area contributed by atoms with E-state index in [-0.39, 0.29) is 6.03 Å². The number of morpholine rings is 1. The number of carbonyl (C=O) groups is 1. The fourth-order valence-corrected chi connectivity index (χ4v) is 3.68. The van der Waals surface area contributed by atoms with E-state index in [2.05, 4.69) is 10.2 Å². The number of rotatable bonds is 2. The maximum atomic E-state index is 12.3. The van der Waals surface area contributed by atoms with Crippen molar-refractivity contribution in [2.24, 2.45) is 0 Å². The van der Waals surface area contributed by atoms with Crippen LogP contribution in [0.2, 0.25) is 0 Å². The van der Waals surface area contributed by atoms with Crippen molar-refractivity contribution in [3.05, 3.63) is 0 Å². The summed E-state index contributed by atoms with van der Waals surface area (Å²) in [4.78, 5) is 16.8. The second kappa shape index (κ2) is 6.76. The number of hydrogen-bond acceptors (Lipinski definition) is 3. The zero-order chi connectivity index (χ0) is 13.8. The predicted octanol–water partition coefficient (Wildman–Crippen LogP) is 1.44. The lowest BCUT2D eigenvalue weighted by Gasteiger charge is -2.32. The van der Waals surface area contributed by atoms with E-state index in [0.717, 1.165) is 58.7 Å². The van der Waals surface area contributed by atoms with Gasteiger partial charge < -0.3 is 15.0 Å². The molecule has 0 radical (unpaired) electrons. The van der Waals surface area contributed by atoms with Crippen LogP contribution in [0, 0.1) is 0 Å². The topological polar surface area (TPSA) is 44.8 Å². The van der Waals surface area contributed by atoms with Gasteiger partial charge in [-0.25, -0.2) is 4.79 Å². The molecule has 0 bridgehead atoms. The molecule has 2 amide bonds. The van der Waals surface area contributed by atoms with Crippen molar-refractivity contribution in [3.8, 4) is 0 Å². The molecule has 1 atom stereocenters. The summed E-state index contributed by atoms with van der Waals surface area (Å²) in [5.41, 5.74) is 0. The lowest BCUT2D eigenvalue weighted by molar-refractivity contribution is 0.0191. The van der Waals surface area contributed by atoms with Crippen LogP contribution in [0.3, 0.4) is 0 Å². The average Bonchev–Trinajstić information content (AvgIpc) is 2.99. The molecule has 2 heterocycles. The lowest BCUT2D eigenvalue weighted by Crippen LogP contribution is -2.48. The number of carbonyl (C=O) groups excluding carboxylic acids is 1. The van der Waals surface area contributed by atoms with Gasteiger partial charge in [0.1, 0.15) is 0 Å². The van der Waals surface area contributed by atoms with Crippen molar-refractivity contribution in [2.45, 2.75) is 50.6 Å². The van der Waals surface area contributed by atoms with Gasteiger partial charge in [0.15, 0.2) is 0 Å². The van der Waals surface area contributed by atoms with E-state index in [4.69, 9.17) is 4.74 Å². The van der Waals surface area contributed by atoms with Gasteiger partial charge in [0.05, 0.1) is 13.2 Å². The van der Waals surface area contributed by atoms with Crippen LogP contribution in [0.5, 0.6) is 0 Å². The Hall–Kier alpha value is -0.810. The molecule has 1 aliphatic carbocycles. The monoisotopic (exact) mass is 281 g/mol. The molecule has 114 valence electrons. The second-order valence-corrected chi connectivity index (χ2v) is 6.32. The Bertz CT molecular complexity index is 325. The first-order valence-corrected chi connectivity index (χ1v) is 8.20. The van der Waals surface area contributed by atoms with E-state index in [1.165, 1.54) is 19.3 Å². The summed E-state index contributed by atoms with van der Waals surface area (Å²) in [7, 11) is 0. The summed E-state index contributed by atoms with van der Waals surface area (Å²) in [6.07, 6.45) is 7.29. The van der Waals surface area contributed by atoms with Crippen molar-refractivity contribution in [1.82, 2.24) is 15.1 Å². The van der Waals surface area contributed by atoms with Gasteiger partial charge in [-0.1, -0.05) is 19.3 Å². The first-order valence-electron chi connectivity index (χ1n) is 8.20. The summed E-state index contributed by atoms with van der Waals surface area (Å²) in [6, 6.07) is 1.11. The highest BCUT2D eigenvalue weighted by atomic mass is 16.5. The highest BCUT2D eigenvalue weighted by Crippen LogP contribution is 2.20. The number of amides is 2. The van der Waals surface area contributed by atoms with Crippen LogP contribution in [0.4, 0.5) is 4.79 Å². The summed E-state index contributed by atoms with van der Waals surface area (Å²) in [6.45, 7) is 5.50. The van der Waals surface area contributed by atoms with E-state index < -0.39 is 0 Å². The smallest absolute Gasteiger partial charge is 0.317 e. The Balaban J connectivity index is 1.45. The highest BCUT2D eigenvalue weighted by Gasteiger charge is 2.31. The fourth-order valence-electron chi connectivity index (χ4n) is 3.68. The Kier molecular flexibility index (Phi) is 4.78. The maximum absolute atomic E-state index is 12.3. The third-order valence-corrected chi connectivity index (χ3v) is 4.95. The number of nitrogens with one attached hydrogen (secondary N) is 1. The van der Waals surface area contributed by atoms with E-state index in [0.29, 0.717) is 12.1 Å². The molecule has 1 unspecified atom stereocenters. The van der Waals surface area contributed by atoms with Crippen LogP contribution in [0.1, 0.15) is 38.5 Å². The quantitative estimate of drug-likeness (QED) is 0.833. The molecular formula is C15H27N3O2. The van der Waals surface area contributed by atoms with Gasteiger partial charge in [0, 0.05) is 38.3 Å². The zero-order valence-corrected chi connectivity index (χ0v) is 12.4. The van der Waals surface area contributed by atoms with Gasteiger partial charge in [-0.15, -0.1) is 0 Å². The van der Waals surface area contributed by atoms with Crippen molar-refractivity contribution < 1.29 is 9.53 Å². The zero-order valence-electron chi connectivity index (χ0n) is 12.4. The van der Waals surface area contributed by atoms with Crippen LogP contribution in [-0.4, -0.2) is 67.3 Å². The highest BCUT2D eigenvalue weighted by molar-refractivity contribution is 5.74. The number of likely N-dealkylation sites (tertiary alicyclic amines) is 1. The number of hydrogen-bond donors (Lipinski definition) is 1. The summed E-state index contributed by atoms with van der Waals surface area (Å²) in [5, 5.41) is 3.23. The number of nitrogens with zero attached hydrogens (tertiary/aromatic N) is 2. The van der Waals surface area contributed by atoms with Crippen LogP contribution in [0.15, 0.2) is 0 Å². The molecule has 3 rings (SSSR count). The van der Waals surface area contributed by atoms with Gasteiger partial charge >= 0.3 is 6.03 Å². The lowest BCUT2D eigenvalue weighted by atomic mass is 9.96. The Morgan fingerprint density at radius 2 is 1.75 bits per heavy atom. The molecule has 1 saturated carbocycles. The van der Waals surface area contributed by atoms with Crippen LogP contribution in [0.25, 0.3) is 0 Å². The number of ether oxygens (including phenoxy) is 1. The minimum absolute atomic E-state index is 0.160. The van der Waals surface area contributed by atoms with E-state index in [1.807, 2.05) is 4.90 Å². The first-order chi connectivity index (χ1) is 9.83. The van der Waals surface area contributed by atoms with Gasteiger partial charge in [-0.2, -0.15) is 0 Å². The molecule has 3 fully saturated rings. The largest absolute Gasteiger partial charge is 0.379 e. The average molecular weight is 281 g/mol. The van der Waals surface area contributed by atoms with Gasteiger partial charge in [0.2, 0.25) is 0 Å². The standard InChI is InChI=1S/C15H27N3O2/c19-15(16-13-4-2-1-3-5-13)18-7-6-14(12-18)17-8-10-20-11-9-17/h13-14H,1-12H2,(H,16,19). The van der Waals surface area contributed by atoms with Crippen molar-refractivity contribution in [1.29, 1.82) is 0 Å². The molecule has 2 saturated heterocycles. The predicted molar refractivity (Wildman–Crippen MR) is 77.8 cm³/mol. The Labute approximate surface area is 121 Å². The minimum Gasteiger partial charge on any atom is -0.379 e. The molecule has 0 aromatic heterocycles. The second-order valence-electron chi connectivity index (χ2n) is 6.32. The first kappa shape index (κ1) is 14.1. The molecule has 20 heavy (non-hydrogen) atoms. The molecule has 1 N–H and O–H groups in total. The molecule has 5 heteroatoms. The molecule has 5 nitrogen and oxygen atoms in total. The van der Waals surface area contributed by atoms with Gasteiger partial charge in [-0.05, 0) is 19.3 Å². The van der Waals surface area contributed by atoms with Crippen molar-refractivity contribution in [3.63, 3.8) is 0 Å². The molecular weight excluding hydrogens is 254 g/mol. The van der Waals surface area contributed by atoms with E-state index in [9.17, 15) is 4.79 Å². The van der Waals surface area contributed by atoms with E-state index in [1.54, 1.807) is 0 Å². The van der Waals surface area contributed by atoms with Crippen LogP contribution < -0.4 is 5.32 Å². The van der Waals surface area contributed by atoms with Crippen LogP contribution in [-0.2, 0) is 4.74 Å². The maximum Gasteiger partial charge on any atom is 0.317 e. The van der Waals surface area contributed by atoms with Crippen molar-refractivity contribution >= 4 is 6.03 Å². The SMILES string of the molecule is O=C(NC1CCCCC1)N1CCC(N2CCOCC2)C1. The molecule has 0 aromatic carbocycles. The van der Waals surface area contributed by atoms with Crippen LogP contribution >= 0.6 is 0 Å². The van der Waals surface area contributed by atoms with Gasteiger partial charge in [0.25, 0.3) is 0 Å². The molecule has 3 aliphatic rings. The Morgan fingerprint density at radius 3 is 2.50 bits per heavy atom. The normalized spacial score (nSPS) is 29.6. The summed E-state index contributed by atoms with van der Waals surface area (Å²) in [5.74, 6) is 0. The van der Waals surface area contributed by atoms with Gasteiger partial charge in [-0.3, -0.25) is 4.90 Å². The molecule has 0 aromatic rings. The summed E-state index contributed by atoms with van der Waals surface area (Å²) >= 11 is 0. The summed E-state index contributed by atoms with van der Waals surface area (Å²) < 4.78 is 5.40.